The zero-order chi connectivity index (χ0) is 9.61. The smallest absolute Gasteiger partial charge is 0.218 e. The highest BCUT2D eigenvalue weighted by Gasteiger charge is 2.35. The molecule has 12 heavy (non-hydrogen) atoms. The lowest BCUT2D eigenvalue weighted by Gasteiger charge is -2.29. The summed E-state index contributed by atoms with van der Waals surface area (Å²) in [6, 6.07) is 0. The Balaban J connectivity index is 4.03. The molecular weight excluding hydrogens is 168 g/mol. The Kier molecular flexibility index (Phi) is 5.31. The van der Waals surface area contributed by atoms with E-state index in [9.17, 15) is 5.11 Å². The lowest BCUT2D eigenvalue weighted by atomic mass is 10.1. The van der Waals surface area contributed by atoms with Crippen LogP contribution in [0.1, 0.15) is 0 Å². The van der Waals surface area contributed by atoms with Gasteiger partial charge in [-0.3, -0.25) is 0 Å². The normalized spacial score (nSPS) is 18.8. The molecular formula is C6H14O6. The fraction of sp³-hybridized carbons (Fsp3) is 1.00. The Morgan fingerprint density at radius 1 is 1.25 bits per heavy atom. The molecule has 0 amide bonds. The predicted octanol–water partition coefficient (Wildman–Crippen LogP) is -2.97. The van der Waals surface area contributed by atoms with E-state index in [-0.39, 0.29) is 13.2 Å². The molecule has 0 aliphatic heterocycles. The van der Waals surface area contributed by atoms with Gasteiger partial charge in [0.25, 0.3) is 0 Å². The minimum atomic E-state index is -2.20. The number of hydrogen-bond acceptors (Lipinski definition) is 6. The van der Waals surface area contributed by atoms with E-state index in [0.717, 1.165) is 0 Å². The Morgan fingerprint density at radius 2 is 1.83 bits per heavy atom. The second-order valence-corrected chi connectivity index (χ2v) is 2.27. The topological polar surface area (TPSA) is 110 Å². The minimum Gasteiger partial charge on any atom is -0.394 e. The third-order valence-electron chi connectivity index (χ3n) is 1.36. The van der Waals surface area contributed by atoms with E-state index in [4.69, 9.17) is 20.4 Å². The second-order valence-electron chi connectivity index (χ2n) is 2.27. The van der Waals surface area contributed by atoms with Crippen LogP contribution in [0, 0.1) is 0 Å². The Bertz CT molecular complexity index is 119. The largest absolute Gasteiger partial charge is 0.394 e. The molecule has 0 unspecified atom stereocenters. The molecule has 0 rings (SSSR count). The summed E-state index contributed by atoms with van der Waals surface area (Å²) in [4.78, 5) is 0. The van der Waals surface area contributed by atoms with Crippen molar-refractivity contribution in [1.82, 2.24) is 0 Å². The standard InChI is InChI=1S/C6H14O6/c7-1-2-12-6(11,4-9)5(10)3-8/h5,7-11H,1-4H2/t5-,6+/m0/s1. The first-order valence-electron chi connectivity index (χ1n) is 3.47. The van der Waals surface area contributed by atoms with Crippen LogP contribution >= 0.6 is 0 Å². The van der Waals surface area contributed by atoms with Crippen LogP contribution < -0.4 is 0 Å². The van der Waals surface area contributed by atoms with Crippen LogP contribution in [0.25, 0.3) is 0 Å². The second kappa shape index (κ2) is 5.41. The van der Waals surface area contributed by atoms with Gasteiger partial charge >= 0.3 is 0 Å². The molecule has 6 heteroatoms. The van der Waals surface area contributed by atoms with Gasteiger partial charge < -0.3 is 30.3 Å². The first-order valence-corrected chi connectivity index (χ1v) is 3.47. The van der Waals surface area contributed by atoms with Crippen LogP contribution in [0.3, 0.4) is 0 Å². The van der Waals surface area contributed by atoms with Gasteiger partial charge in [0.1, 0.15) is 6.10 Å². The van der Waals surface area contributed by atoms with Crippen LogP contribution in [0.15, 0.2) is 0 Å². The first-order chi connectivity index (χ1) is 5.60. The molecule has 0 spiro atoms. The summed E-state index contributed by atoms with van der Waals surface area (Å²) >= 11 is 0. The van der Waals surface area contributed by atoms with Gasteiger partial charge in [-0.15, -0.1) is 0 Å². The van der Waals surface area contributed by atoms with Crippen molar-refractivity contribution < 1.29 is 30.3 Å². The molecule has 2 atom stereocenters. The van der Waals surface area contributed by atoms with Crippen molar-refractivity contribution >= 4 is 0 Å². The summed E-state index contributed by atoms with van der Waals surface area (Å²) in [6.45, 7) is -2.16. The van der Waals surface area contributed by atoms with Crippen molar-refractivity contribution in [2.75, 3.05) is 26.4 Å². The van der Waals surface area contributed by atoms with Gasteiger partial charge in [-0.1, -0.05) is 0 Å². The number of rotatable bonds is 6. The molecule has 0 saturated carbocycles. The Morgan fingerprint density at radius 3 is 2.17 bits per heavy atom. The fourth-order valence-corrected chi connectivity index (χ4v) is 0.612. The molecule has 74 valence electrons. The molecule has 0 heterocycles. The molecule has 0 radical (unpaired) electrons. The summed E-state index contributed by atoms with van der Waals surface area (Å²) in [5.74, 6) is -2.20. The third kappa shape index (κ3) is 3.02. The highest BCUT2D eigenvalue weighted by molar-refractivity contribution is 4.75. The minimum absolute atomic E-state index is 0.228. The summed E-state index contributed by atoms with van der Waals surface area (Å²) in [5, 5.41) is 43.5. The summed E-state index contributed by atoms with van der Waals surface area (Å²) < 4.78 is 4.53. The van der Waals surface area contributed by atoms with Crippen LogP contribution in [0.5, 0.6) is 0 Å². The zero-order valence-electron chi connectivity index (χ0n) is 6.55. The molecule has 0 aromatic rings. The molecule has 0 aliphatic carbocycles. The van der Waals surface area contributed by atoms with Crippen molar-refractivity contribution in [1.29, 1.82) is 0 Å². The number of aliphatic hydroxyl groups is 5. The average molecular weight is 182 g/mol. The first kappa shape index (κ1) is 11.8. The maximum Gasteiger partial charge on any atom is 0.218 e. The molecule has 5 N–H and O–H groups in total. The zero-order valence-corrected chi connectivity index (χ0v) is 6.55. The molecule has 0 saturated heterocycles. The van der Waals surface area contributed by atoms with Gasteiger partial charge in [0.2, 0.25) is 5.79 Å². The van der Waals surface area contributed by atoms with E-state index in [2.05, 4.69) is 4.74 Å². The third-order valence-corrected chi connectivity index (χ3v) is 1.36. The predicted molar refractivity (Wildman–Crippen MR) is 38.2 cm³/mol. The van der Waals surface area contributed by atoms with Crippen LogP contribution in [-0.4, -0.2) is 63.9 Å². The van der Waals surface area contributed by atoms with Gasteiger partial charge in [-0.2, -0.15) is 0 Å². The summed E-state index contributed by atoms with van der Waals surface area (Å²) in [5.41, 5.74) is 0. The maximum absolute atomic E-state index is 9.23. The van der Waals surface area contributed by atoms with Gasteiger partial charge in [-0.25, -0.2) is 0 Å². The summed E-state index contributed by atoms with van der Waals surface area (Å²) in [7, 11) is 0. The van der Waals surface area contributed by atoms with Gasteiger partial charge in [0.05, 0.1) is 26.4 Å². The molecule has 0 bridgehead atoms. The fourth-order valence-electron chi connectivity index (χ4n) is 0.612. The average Bonchev–Trinajstić information content (AvgIpc) is 2.12. The highest BCUT2D eigenvalue weighted by Crippen LogP contribution is 2.11. The van der Waals surface area contributed by atoms with E-state index in [1.54, 1.807) is 0 Å². The van der Waals surface area contributed by atoms with E-state index in [1.807, 2.05) is 0 Å². The lowest BCUT2D eigenvalue weighted by molar-refractivity contribution is -0.280. The van der Waals surface area contributed by atoms with Crippen molar-refractivity contribution in [3.05, 3.63) is 0 Å². The maximum atomic E-state index is 9.23. The molecule has 6 nitrogen and oxygen atoms in total. The van der Waals surface area contributed by atoms with E-state index in [0.29, 0.717) is 0 Å². The van der Waals surface area contributed by atoms with E-state index in [1.165, 1.54) is 0 Å². The van der Waals surface area contributed by atoms with Crippen LogP contribution in [0.2, 0.25) is 0 Å². The number of aliphatic hydroxyl groups excluding tert-OH is 4. The van der Waals surface area contributed by atoms with Crippen molar-refractivity contribution in [2.45, 2.75) is 11.9 Å². The molecule has 0 aliphatic rings. The Hall–Kier alpha value is -0.240. The Labute approximate surface area is 69.6 Å². The molecule has 0 aromatic heterocycles. The number of hydrogen-bond donors (Lipinski definition) is 5. The van der Waals surface area contributed by atoms with Crippen molar-refractivity contribution in [3.63, 3.8) is 0 Å². The van der Waals surface area contributed by atoms with E-state index >= 15 is 0 Å². The molecule has 0 aromatic carbocycles. The van der Waals surface area contributed by atoms with Crippen molar-refractivity contribution in [2.24, 2.45) is 0 Å². The van der Waals surface area contributed by atoms with Crippen LogP contribution in [-0.2, 0) is 4.74 Å². The van der Waals surface area contributed by atoms with Gasteiger partial charge in [0.15, 0.2) is 0 Å². The highest BCUT2D eigenvalue weighted by atomic mass is 16.7. The van der Waals surface area contributed by atoms with Gasteiger partial charge in [0, 0.05) is 0 Å². The summed E-state index contributed by atoms with van der Waals surface area (Å²) in [6.07, 6.45) is -1.59. The van der Waals surface area contributed by atoms with Crippen LogP contribution in [0.4, 0.5) is 0 Å². The molecule has 0 fully saturated rings. The van der Waals surface area contributed by atoms with E-state index < -0.39 is 25.1 Å². The quantitative estimate of drug-likeness (QED) is 0.280. The SMILES string of the molecule is OCCO[C@](O)(CO)[C@@H](O)CO. The van der Waals surface area contributed by atoms with Crippen molar-refractivity contribution in [3.8, 4) is 0 Å². The lowest BCUT2D eigenvalue weighted by Crippen LogP contribution is -2.50. The van der Waals surface area contributed by atoms with Gasteiger partial charge in [-0.05, 0) is 0 Å². The monoisotopic (exact) mass is 182 g/mol. The number of ether oxygens (including phenoxy) is 1.